The number of likely N-dealkylation sites (N-methyl/N-ethyl adjacent to an activating group) is 1. The molecule has 0 unspecified atom stereocenters. The van der Waals surface area contributed by atoms with Crippen molar-refractivity contribution >= 4 is 11.7 Å². The molecule has 0 N–H and O–H groups in total. The minimum atomic E-state index is 0.118. The third kappa shape index (κ3) is 4.31. The summed E-state index contributed by atoms with van der Waals surface area (Å²) in [6.45, 7) is 7.41. The summed E-state index contributed by atoms with van der Waals surface area (Å²) in [4.78, 5) is 26.6. The first kappa shape index (κ1) is 19.6. The van der Waals surface area contributed by atoms with Gasteiger partial charge in [-0.15, -0.1) is 0 Å². The Labute approximate surface area is 168 Å². The van der Waals surface area contributed by atoms with Gasteiger partial charge >= 0.3 is 0 Å². The summed E-state index contributed by atoms with van der Waals surface area (Å²) in [5, 5.41) is 0. The molecule has 28 heavy (non-hydrogen) atoms. The second-order valence-corrected chi connectivity index (χ2v) is 8.43. The standard InChI is InChI=1S/C21H33N5O2/c1-23(2)19-7-10-26(16-19)20-4-3-17(15-22-20)21(27)25-8-5-18(6-9-25)24-11-13-28-14-12-24/h3-4,15,18-19H,5-14,16H2,1-2H3/t19-/m0/s1. The van der Waals surface area contributed by atoms with Crippen LogP contribution < -0.4 is 4.90 Å². The molecule has 7 nitrogen and oxygen atoms in total. The molecule has 4 rings (SSSR count). The SMILES string of the molecule is CN(C)[C@H]1CCN(c2ccc(C(=O)N3CCC(N4CCOCC4)CC3)cn2)C1. The maximum Gasteiger partial charge on any atom is 0.255 e. The van der Waals surface area contributed by atoms with Crippen molar-refractivity contribution in [3.05, 3.63) is 23.9 Å². The Morgan fingerprint density at radius 3 is 2.43 bits per heavy atom. The van der Waals surface area contributed by atoms with Gasteiger partial charge in [-0.05, 0) is 45.5 Å². The smallest absolute Gasteiger partial charge is 0.255 e. The van der Waals surface area contributed by atoms with Gasteiger partial charge in [0.05, 0.1) is 18.8 Å². The molecule has 3 saturated heterocycles. The van der Waals surface area contributed by atoms with Crippen molar-refractivity contribution < 1.29 is 9.53 Å². The van der Waals surface area contributed by atoms with Crippen LogP contribution >= 0.6 is 0 Å². The molecule has 1 aromatic heterocycles. The number of hydrogen-bond acceptors (Lipinski definition) is 6. The molecule has 4 heterocycles. The minimum absolute atomic E-state index is 0.118. The number of piperidine rings is 1. The molecular weight excluding hydrogens is 354 g/mol. The van der Waals surface area contributed by atoms with Gasteiger partial charge in [0.25, 0.3) is 5.91 Å². The van der Waals surface area contributed by atoms with Gasteiger partial charge in [0.1, 0.15) is 5.82 Å². The van der Waals surface area contributed by atoms with Crippen molar-refractivity contribution in [2.24, 2.45) is 0 Å². The summed E-state index contributed by atoms with van der Waals surface area (Å²) in [5.74, 6) is 1.10. The van der Waals surface area contributed by atoms with Crippen molar-refractivity contribution in [2.45, 2.75) is 31.3 Å². The molecule has 0 aliphatic carbocycles. The molecule has 1 amide bonds. The van der Waals surface area contributed by atoms with Gasteiger partial charge in [0.15, 0.2) is 0 Å². The average Bonchev–Trinajstić information content (AvgIpc) is 3.25. The normalized spacial score (nSPS) is 24.9. The zero-order chi connectivity index (χ0) is 19.5. The van der Waals surface area contributed by atoms with Gasteiger partial charge in [0, 0.05) is 57.5 Å². The van der Waals surface area contributed by atoms with E-state index in [-0.39, 0.29) is 5.91 Å². The Balaban J connectivity index is 1.30. The first-order valence-corrected chi connectivity index (χ1v) is 10.6. The van der Waals surface area contributed by atoms with E-state index < -0.39 is 0 Å². The third-order valence-corrected chi connectivity index (χ3v) is 6.53. The van der Waals surface area contributed by atoms with Crippen LogP contribution in [0.2, 0.25) is 0 Å². The van der Waals surface area contributed by atoms with Gasteiger partial charge in [-0.25, -0.2) is 4.98 Å². The summed E-state index contributed by atoms with van der Waals surface area (Å²) in [7, 11) is 4.26. The lowest BCUT2D eigenvalue weighted by atomic mass is 10.0. The zero-order valence-corrected chi connectivity index (χ0v) is 17.2. The minimum Gasteiger partial charge on any atom is -0.379 e. The van der Waals surface area contributed by atoms with E-state index in [0.717, 1.165) is 77.6 Å². The van der Waals surface area contributed by atoms with Crippen LogP contribution in [0.25, 0.3) is 0 Å². The predicted octanol–water partition coefficient (Wildman–Crippen LogP) is 1.16. The number of pyridine rings is 1. The predicted molar refractivity (Wildman–Crippen MR) is 110 cm³/mol. The number of nitrogens with zero attached hydrogens (tertiary/aromatic N) is 5. The van der Waals surface area contributed by atoms with Crippen LogP contribution in [-0.4, -0.2) is 104 Å². The van der Waals surface area contributed by atoms with E-state index in [9.17, 15) is 4.79 Å². The quantitative estimate of drug-likeness (QED) is 0.773. The maximum absolute atomic E-state index is 12.9. The number of ether oxygens (including phenoxy) is 1. The van der Waals surface area contributed by atoms with Crippen LogP contribution in [0, 0.1) is 0 Å². The van der Waals surface area contributed by atoms with Crippen molar-refractivity contribution in [2.75, 3.05) is 71.5 Å². The number of amides is 1. The highest BCUT2D eigenvalue weighted by atomic mass is 16.5. The third-order valence-electron chi connectivity index (χ3n) is 6.53. The number of hydrogen-bond donors (Lipinski definition) is 0. The van der Waals surface area contributed by atoms with Crippen LogP contribution in [0.3, 0.4) is 0 Å². The fourth-order valence-corrected chi connectivity index (χ4v) is 4.63. The Kier molecular flexibility index (Phi) is 6.13. The topological polar surface area (TPSA) is 52.2 Å². The molecule has 1 aromatic rings. The van der Waals surface area contributed by atoms with E-state index in [0.29, 0.717) is 17.6 Å². The number of carbonyl (C=O) groups excluding carboxylic acids is 1. The van der Waals surface area contributed by atoms with Gasteiger partial charge < -0.3 is 19.4 Å². The first-order chi connectivity index (χ1) is 13.6. The molecule has 3 aliphatic rings. The molecule has 3 fully saturated rings. The summed E-state index contributed by atoms with van der Waals surface area (Å²) in [6.07, 6.45) is 5.02. The average molecular weight is 388 g/mol. The molecule has 0 radical (unpaired) electrons. The number of anilines is 1. The second kappa shape index (κ2) is 8.76. The molecule has 1 atom stereocenters. The van der Waals surface area contributed by atoms with Crippen LogP contribution in [0.15, 0.2) is 18.3 Å². The Bertz CT molecular complexity index is 651. The van der Waals surface area contributed by atoms with Crippen LogP contribution in [-0.2, 0) is 4.74 Å². The van der Waals surface area contributed by atoms with Crippen molar-refractivity contribution in [3.8, 4) is 0 Å². The highest BCUT2D eigenvalue weighted by Crippen LogP contribution is 2.22. The lowest BCUT2D eigenvalue weighted by Crippen LogP contribution is -2.50. The lowest BCUT2D eigenvalue weighted by molar-refractivity contribution is 0.00158. The van der Waals surface area contributed by atoms with E-state index in [1.807, 2.05) is 17.0 Å². The van der Waals surface area contributed by atoms with E-state index in [2.05, 4.69) is 33.8 Å². The highest BCUT2D eigenvalue weighted by Gasteiger charge is 2.29. The Hall–Kier alpha value is -1.70. The molecule has 7 heteroatoms. The van der Waals surface area contributed by atoms with Gasteiger partial charge in [0.2, 0.25) is 0 Å². The van der Waals surface area contributed by atoms with Crippen molar-refractivity contribution in [1.29, 1.82) is 0 Å². The van der Waals surface area contributed by atoms with Crippen LogP contribution in [0.4, 0.5) is 5.82 Å². The molecule has 154 valence electrons. The summed E-state index contributed by atoms with van der Waals surface area (Å²) in [5.41, 5.74) is 0.705. The first-order valence-electron chi connectivity index (χ1n) is 10.6. The largest absolute Gasteiger partial charge is 0.379 e. The second-order valence-electron chi connectivity index (χ2n) is 8.43. The van der Waals surface area contributed by atoms with Crippen molar-refractivity contribution in [3.63, 3.8) is 0 Å². The van der Waals surface area contributed by atoms with Crippen LogP contribution in [0.1, 0.15) is 29.6 Å². The number of morpholine rings is 1. The van der Waals surface area contributed by atoms with Gasteiger partial charge in [-0.2, -0.15) is 0 Å². The monoisotopic (exact) mass is 387 g/mol. The number of carbonyl (C=O) groups is 1. The highest BCUT2D eigenvalue weighted by molar-refractivity contribution is 5.94. The van der Waals surface area contributed by atoms with Crippen molar-refractivity contribution in [1.82, 2.24) is 19.7 Å². The summed E-state index contributed by atoms with van der Waals surface area (Å²) < 4.78 is 5.45. The summed E-state index contributed by atoms with van der Waals surface area (Å²) in [6, 6.07) is 5.12. The van der Waals surface area contributed by atoms with E-state index in [1.165, 1.54) is 0 Å². The van der Waals surface area contributed by atoms with E-state index >= 15 is 0 Å². The number of aromatic nitrogens is 1. The fraction of sp³-hybridized carbons (Fsp3) is 0.714. The lowest BCUT2D eigenvalue weighted by Gasteiger charge is -2.40. The maximum atomic E-state index is 12.9. The molecular formula is C21H33N5O2. The van der Waals surface area contributed by atoms with E-state index in [4.69, 9.17) is 4.74 Å². The fourth-order valence-electron chi connectivity index (χ4n) is 4.63. The molecule has 0 aromatic carbocycles. The van der Waals surface area contributed by atoms with Crippen LogP contribution in [0.5, 0.6) is 0 Å². The Morgan fingerprint density at radius 1 is 1.07 bits per heavy atom. The molecule has 0 bridgehead atoms. The van der Waals surface area contributed by atoms with Gasteiger partial charge in [-0.1, -0.05) is 0 Å². The molecule has 3 aliphatic heterocycles. The van der Waals surface area contributed by atoms with Gasteiger partial charge in [-0.3, -0.25) is 9.69 Å². The zero-order valence-electron chi connectivity index (χ0n) is 17.2. The summed E-state index contributed by atoms with van der Waals surface area (Å²) >= 11 is 0. The van der Waals surface area contributed by atoms with E-state index in [1.54, 1.807) is 6.20 Å². The number of rotatable bonds is 4. The Morgan fingerprint density at radius 2 is 1.82 bits per heavy atom. The number of likely N-dealkylation sites (tertiary alicyclic amines) is 1. The molecule has 0 saturated carbocycles. The molecule has 0 spiro atoms.